The molecule has 0 aliphatic carbocycles. The molecule has 0 fully saturated rings. The summed E-state index contributed by atoms with van der Waals surface area (Å²) in [6.45, 7) is 5.32. The highest BCUT2D eigenvalue weighted by Crippen LogP contribution is 2.17. The molecule has 2 aromatic carbocycles. The van der Waals surface area contributed by atoms with Gasteiger partial charge in [-0.1, -0.05) is 24.0 Å². The van der Waals surface area contributed by atoms with Crippen LogP contribution in [0.2, 0.25) is 0 Å². The minimum atomic E-state index is -3.59. The monoisotopic (exact) mass is 386 g/mol. The number of rotatable bonds is 6. The zero-order valence-corrected chi connectivity index (χ0v) is 16.3. The van der Waals surface area contributed by atoms with Gasteiger partial charge in [0.1, 0.15) is 12.4 Å². The molecule has 0 aliphatic rings. The maximum Gasteiger partial charge on any atom is 0.241 e. The second-order valence-electron chi connectivity index (χ2n) is 5.92. The molecule has 0 aliphatic heterocycles. The van der Waals surface area contributed by atoms with Crippen LogP contribution in [0.5, 0.6) is 5.75 Å². The fourth-order valence-corrected chi connectivity index (χ4v) is 3.20. The maximum atomic E-state index is 12.2. The predicted molar refractivity (Wildman–Crippen MR) is 105 cm³/mol. The molecule has 0 aromatic heterocycles. The third kappa shape index (κ3) is 6.44. The van der Waals surface area contributed by atoms with Crippen molar-refractivity contribution in [2.75, 3.05) is 18.5 Å². The lowest BCUT2D eigenvalue weighted by Crippen LogP contribution is -2.24. The summed E-state index contributed by atoms with van der Waals surface area (Å²) in [4.78, 5) is 11.3. The predicted octanol–water partition coefficient (Wildman–Crippen LogP) is 2.62. The molecule has 2 N–H and O–H groups in total. The Morgan fingerprint density at radius 2 is 1.85 bits per heavy atom. The van der Waals surface area contributed by atoms with Crippen molar-refractivity contribution in [1.82, 2.24) is 4.72 Å². The van der Waals surface area contributed by atoms with Crippen molar-refractivity contribution in [3.05, 3.63) is 53.6 Å². The lowest BCUT2D eigenvalue weighted by molar-refractivity contribution is -0.114. The van der Waals surface area contributed by atoms with E-state index in [2.05, 4.69) is 21.9 Å². The second kappa shape index (κ2) is 9.21. The fraction of sp³-hybridized carbons (Fsp3) is 0.250. The van der Waals surface area contributed by atoms with Crippen LogP contribution in [0, 0.1) is 25.7 Å². The summed E-state index contributed by atoms with van der Waals surface area (Å²) in [5.74, 6) is 5.87. The number of benzene rings is 2. The summed E-state index contributed by atoms with van der Waals surface area (Å²) in [6, 6.07) is 11.9. The summed E-state index contributed by atoms with van der Waals surface area (Å²) < 4.78 is 32.4. The quantitative estimate of drug-likeness (QED) is 0.748. The number of nitrogens with one attached hydrogen (secondary N) is 2. The molecule has 0 radical (unpaired) electrons. The van der Waals surface area contributed by atoms with Crippen molar-refractivity contribution in [2.24, 2.45) is 0 Å². The van der Waals surface area contributed by atoms with Crippen LogP contribution in [0.3, 0.4) is 0 Å². The van der Waals surface area contributed by atoms with E-state index in [1.54, 1.807) is 42.5 Å². The minimum Gasteiger partial charge on any atom is -0.481 e. The van der Waals surface area contributed by atoms with E-state index in [0.29, 0.717) is 11.4 Å². The number of amides is 1. The Kier molecular flexibility index (Phi) is 6.99. The number of carbonyl (C=O) groups is 1. The van der Waals surface area contributed by atoms with Gasteiger partial charge in [-0.3, -0.25) is 4.79 Å². The third-order valence-electron chi connectivity index (χ3n) is 3.73. The lowest BCUT2D eigenvalue weighted by atomic mass is 10.1. The molecule has 0 saturated carbocycles. The number of aryl methyl sites for hydroxylation is 2. The Morgan fingerprint density at radius 1 is 1.07 bits per heavy atom. The molecule has 2 rings (SSSR count). The normalized spacial score (nSPS) is 10.6. The highest BCUT2D eigenvalue weighted by Gasteiger charge is 2.13. The van der Waals surface area contributed by atoms with Crippen molar-refractivity contribution >= 4 is 21.6 Å². The van der Waals surface area contributed by atoms with Crippen LogP contribution < -0.4 is 14.8 Å². The van der Waals surface area contributed by atoms with Crippen molar-refractivity contribution in [3.8, 4) is 17.6 Å². The molecule has 0 atom stereocenters. The average Bonchev–Trinajstić information content (AvgIpc) is 2.60. The van der Waals surface area contributed by atoms with Gasteiger partial charge in [0.05, 0.1) is 11.4 Å². The Balaban J connectivity index is 1.85. The fourth-order valence-electron chi connectivity index (χ4n) is 2.20. The van der Waals surface area contributed by atoms with Crippen LogP contribution in [0.15, 0.2) is 47.4 Å². The van der Waals surface area contributed by atoms with Gasteiger partial charge >= 0.3 is 0 Å². The van der Waals surface area contributed by atoms with E-state index in [4.69, 9.17) is 4.74 Å². The molecule has 142 valence electrons. The SMILES string of the molecule is CC(=O)Nc1cccc(OCC#CCNS(=O)(=O)c2ccc(C)c(C)c2)c1. The first kappa shape index (κ1) is 20.5. The van der Waals surface area contributed by atoms with E-state index < -0.39 is 10.0 Å². The second-order valence-corrected chi connectivity index (χ2v) is 7.69. The molecule has 0 spiro atoms. The summed E-state index contributed by atoms with van der Waals surface area (Å²) in [5.41, 5.74) is 2.58. The smallest absolute Gasteiger partial charge is 0.241 e. The summed E-state index contributed by atoms with van der Waals surface area (Å²) in [6.07, 6.45) is 0. The number of anilines is 1. The Bertz CT molecular complexity index is 989. The van der Waals surface area contributed by atoms with Gasteiger partial charge in [-0.05, 0) is 49.2 Å². The van der Waals surface area contributed by atoms with Crippen LogP contribution >= 0.6 is 0 Å². The van der Waals surface area contributed by atoms with Crippen LogP contribution in [0.25, 0.3) is 0 Å². The van der Waals surface area contributed by atoms with E-state index in [1.165, 1.54) is 6.92 Å². The molecular formula is C20H22N2O4S. The summed E-state index contributed by atoms with van der Waals surface area (Å²) in [5, 5.41) is 2.66. The van der Waals surface area contributed by atoms with Gasteiger partial charge in [0, 0.05) is 18.7 Å². The van der Waals surface area contributed by atoms with E-state index in [-0.39, 0.29) is 24.0 Å². The molecule has 6 nitrogen and oxygen atoms in total. The molecule has 2 aromatic rings. The number of carbonyl (C=O) groups excluding carboxylic acids is 1. The molecule has 7 heteroatoms. The number of hydrogen-bond donors (Lipinski definition) is 2. The number of hydrogen-bond acceptors (Lipinski definition) is 4. The highest BCUT2D eigenvalue weighted by atomic mass is 32.2. The van der Waals surface area contributed by atoms with E-state index in [9.17, 15) is 13.2 Å². The summed E-state index contributed by atoms with van der Waals surface area (Å²) >= 11 is 0. The van der Waals surface area contributed by atoms with Crippen molar-refractivity contribution in [2.45, 2.75) is 25.7 Å². The first-order valence-electron chi connectivity index (χ1n) is 8.31. The van der Waals surface area contributed by atoms with Crippen molar-refractivity contribution in [1.29, 1.82) is 0 Å². The van der Waals surface area contributed by atoms with Crippen molar-refractivity contribution < 1.29 is 17.9 Å². The summed E-state index contributed by atoms with van der Waals surface area (Å²) in [7, 11) is -3.59. The van der Waals surface area contributed by atoms with E-state index in [0.717, 1.165) is 11.1 Å². The molecule has 1 amide bonds. The van der Waals surface area contributed by atoms with Gasteiger partial charge in [-0.25, -0.2) is 8.42 Å². The van der Waals surface area contributed by atoms with Crippen LogP contribution in [0.4, 0.5) is 5.69 Å². The maximum absolute atomic E-state index is 12.2. The number of ether oxygens (including phenoxy) is 1. The minimum absolute atomic E-state index is 0.00938. The van der Waals surface area contributed by atoms with E-state index in [1.807, 2.05) is 13.8 Å². The zero-order valence-electron chi connectivity index (χ0n) is 15.5. The Morgan fingerprint density at radius 3 is 2.56 bits per heavy atom. The molecule has 0 saturated heterocycles. The van der Waals surface area contributed by atoms with Gasteiger partial charge in [0.2, 0.25) is 15.9 Å². The molecule has 0 heterocycles. The topological polar surface area (TPSA) is 84.5 Å². The largest absolute Gasteiger partial charge is 0.481 e. The standard InChI is InChI=1S/C20H22N2O4S/c1-15-9-10-20(13-16(15)2)27(24,25)21-11-4-5-12-26-19-8-6-7-18(14-19)22-17(3)23/h6-10,13-14,21H,11-12H2,1-3H3,(H,22,23). The lowest BCUT2D eigenvalue weighted by Gasteiger charge is -2.07. The van der Waals surface area contributed by atoms with Gasteiger partial charge in [-0.15, -0.1) is 0 Å². The first-order chi connectivity index (χ1) is 12.8. The molecular weight excluding hydrogens is 364 g/mol. The zero-order chi connectivity index (χ0) is 19.9. The van der Waals surface area contributed by atoms with Gasteiger partial charge < -0.3 is 10.1 Å². The molecule has 0 bridgehead atoms. The van der Waals surface area contributed by atoms with Crippen LogP contribution in [0.1, 0.15) is 18.1 Å². The number of sulfonamides is 1. The third-order valence-corrected chi connectivity index (χ3v) is 5.13. The van der Waals surface area contributed by atoms with Gasteiger partial charge in [-0.2, -0.15) is 4.72 Å². The Labute approximate surface area is 160 Å². The Hall–Kier alpha value is -2.82. The van der Waals surface area contributed by atoms with Gasteiger partial charge in [0.25, 0.3) is 0 Å². The van der Waals surface area contributed by atoms with Gasteiger partial charge in [0.15, 0.2) is 0 Å². The van der Waals surface area contributed by atoms with Crippen molar-refractivity contribution in [3.63, 3.8) is 0 Å². The molecule has 0 unspecified atom stereocenters. The first-order valence-corrected chi connectivity index (χ1v) is 9.79. The highest BCUT2D eigenvalue weighted by molar-refractivity contribution is 7.89. The van der Waals surface area contributed by atoms with E-state index >= 15 is 0 Å². The van der Waals surface area contributed by atoms with Crippen LogP contribution in [-0.4, -0.2) is 27.5 Å². The average molecular weight is 386 g/mol. The van der Waals surface area contributed by atoms with Crippen LogP contribution in [-0.2, 0) is 14.8 Å². The molecule has 27 heavy (non-hydrogen) atoms.